The number of piperidine rings is 1. The Bertz CT molecular complexity index is 483. The van der Waals surface area contributed by atoms with Gasteiger partial charge in [0.05, 0.1) is 0 Å². The molecule has 4 heteroatoms. The van der Waals surface area contributed by atoms with Crippen molar-refractivity contribution in [3.8, 4) is 0 Å². The van der Waals surface area contributed by atoms with Gasteiger partial charge in [-0.1, -0.05) is 6.92 Å². The molecule has 0 radical (unpaired) electrons. The standard InChI is InChI=1S/C14H19N3O/c1-10(11-4-2-6-15-9-11)8-13-17-14-12(18-13)5-3-7-16-14/h3,5,7,10-11,15H,2,4,6,8-9H2,1H3. The molecule has 1 aliphatic heterocycles. The first-order chi connectivity index (χ1) is 8.83. The van der Waals surface area contributed by atoms with E-state index >= 15 is 0 Å². The fourth-order valence-electron chi connectivity index (χ4n) is 2.71. The lowest BCUT2D eigenvalue weighted by Crippen LogP contribution is -2.33. The quantitative estimate of drug-likeness (QED) is 0.902. The van der Waals surface area contributed by atoms with Crippen molar-refractivity contribution in [1.29, 1.82) is 0 Å². The average molecular weight is 245 g/mol. The Kier molecular flexibility index (Phi) is 3.28. The van der Waals surface area contributed by atoms with Gasteiger partial charge in [-0.25, -0.2) is 4.98 Å². The minimum absolute atomic E-state index is 0.603. The maximum absolute atomic E-state index is 5.74. The van der Waals surface area contributed by atoms with Crippen molar-refractivity contribution in [2.24, 2.45) is 11.8 Å². The van der Waals surface area contributed by atoms with Crippen LogP contribution in [-0.2, 0) is 6.42 Å². The normalized spacial score (nSPS) is 22.2. The summed E-state index contributed by atoms with van der Waals surface area (Å²) in [5.74, 6) is 2.16. The molecule has 2 atom stereocenters. The third-order valence-electron chi connectivity index (χ3n) is 3.85. The van der Waals surface area contributed by atoms with Crippen LogP contribution < -0.4 is 5.32 Å². The average Bonchev–Trinajstić information content (AvgIpc) is 2.82. The third-order valence-corrected chi connectivity index (χ3v) is 3.85. The zero-order chi connectivity index (χ0) is 12.4. The van der Waals surface area contributed by atoms with Crippen LogP contribution in [0, 0.1) is 11.8 Å². The molecule has 96 valence electrons. The van der Waals surface area contributed by atoms with Crippen molar-refractivity contribution in [3.05, 3.63) is 24.2 Å². The predicted molar refractivity (Wildman–Crippen MR) is 70.3 cm³/mol. The van der Waals surface area contributed by atoms with Crippen LogP contribution in [0.25, 0.3) is 11.2 Å². The third kappa shape index (κ3) is 2.38. The second kappa shape index (κ2) is 5.06. The summed E-state index contributed by atoms with van der Waals surface area (Å²) in [6.07, 6.45) is 5.25. The summed E-state index contributed by atoms with van der Waals surface area (Å²) < 4.78 is 5.74. The Morgan fingerprint density at radius 1 is 1.56 bits per heavy atom. The van der Waals surface area contributed by atoms with Crippen LogP contribution in [0.15, 0.2) is 22.7 Å². The second-order valence-electron chi connectivity index (χ2n) is 5.22. The molecule has 0 bridgehead atoms. The molecular formula is C14H19N3O. The van der Waals surface area contributed by atoms with Gasteiger partial charge in [-0.2, -0.15) is 4.98 Å². The van der Waals surface area contributed by atoms with E-state index in [2.05, 4.69) is 22.2 Å². The number of hydrogen-bond donors (Lipinski definition) is 1. The topological polar surface area (TPSA) is 51.0 Å². The van der Waals surface area contributed by atoms with E-state index in [4.69, 9.17) is 4.42 Å². The molecule has 0 amide bonds. The molecule has 2 aromatic rings. The van der Waals surface area contributed by atoms with Gasteiger partial charge in [0.1, 0.15) is 0 Å². The van der Waals surface area contributed by atoms with Gasteiger partial charge in [-0.15, -0.1) is 0 Å². The molecule has 1 fully saturated rings. The molecule has 18 heavy (non-hydrogen) atoms. The Hall–Kier alpha value is -1.42. The first kappa shape index (κ1) is 11.7. The summed E-state index contributed by atoms with van der Waals surface area (Å²) in [7, 11) is 0. The lowest BCUT2D eigenvalue weighted by atomic mass is 9.85. The predicted octanol–water partition coefficient (Wildman–Crippen LogP) is 2.40. The Morgan fingerprint density at radius 2 is 2.50 bits per heavy atom. The van der Waals surface area contributed by atoms with Crippen molar-refractivity contribution in [2.75, 3.05) is 13.1 Å². The van der Waals surface area contributed by atoms with Crippen LogP contribution in [-0.4, -0.2) is 23.1 Å². The van der Waals surface area contributed by atoms with Gasteiger partial charge in [0.25, 0.3) is 0 Å². The van der Waals surface area contributed by atoms with E-state index in [1.807, 2.05) is 12.1 Å². The number of rotatable bonds is 3. The summed E-state index contributed by atoms with van der Waals surface area (Å²) in [5.41, 5.74) is 1.52. The SMILES string of the molecule is CC(Cc1nc2ncccc2o1)C1CCCNC1. The number of hydrogen-bond acceptors (Lipinski definition) is 4. The van der Waals surface area contributed by atoms with E-state index < -0.39 is 0 Å². The van der Waals surface area contributed by atoms with E-state index in [9.17, 15) is 0 Å². The zero-order valence-corrected chi connectivity index (χ0v) is 10.7. The largest absolute Gasteiger partial charge is 0.439 e. The summed E-state index contributed by atoms with van der Waals surface area (Å²) in [6.45, 7) is 4.58. The van der Waals surface area contributed by atoms with Crippen molar-refractivity contribution in [3.63, 3.8) is 0 Å². The Labute approximate surface area is 107 Å². The maximum atomic E-state index is 5.74. The van der Waals surface area contributed by atoms with Crippen molar-refractivity contribution in [2.45, 2.75) is 26.2 Å². The van der Waals surface area contributed by atoms with Crippen molar-refractivity contribution in [1.82, 2.24) is 15.3 Å². The highest BCUT2D eigenvalue weighted by molar-refractivity contribution is 5.66. The molecule has 0 spiro atoms. The molecule has 0 aromatic carbocycles. The molecule has 3 rings (SSSR count). The molecule has 1 N–H and O–H groups in total. The van der Waals surface area contributed by atoms with E-state index in [0.717, 1.165) is 42.5 Å². The summed E-state index contributed by atoms with van der Waals surface area (Å²) in [6, 6.07) is 3.80. The number of fused-ring (bicyclic) bond motifs is 1. The van der Waals surface area contributed by atoms with Crippen molar-refractivity contribution < 1.29 is 4.42 Å². The monoisotopic (exact) mass is 245 g/mol. The van der Waals surface area contributed by atoms with Crippen LogP contribution in [0.2, 0.25) is 0 Å². The van der Waals surface area contributed by atoms with Crippen LogP contribution >= 0.6 is 0 Å². The smallest absolute Gasteiger partial charge is 0.198 e. The van der Waals surface area contributed by atoms with Gasteiger partial charge in [0, 0.05) is 12.6 Å². The summed E-state index contributed by atoms with van der Waals surface area (Å²) in [5, 5.41) is 3.46. The molecular weight excluding hydrogens is 226 g/mol. The lowest BCUT2D eigenvalue weighted by Gasteiger charge is -2.27. The van der Waals surface area contributed by atoms with Gasteiger partial charge in [0.15, 0.2) is 17.1 Å². The number of aromatic nitrogens is 2. The van der Waals surface area contributed by atoms with Gasteiger partial charge < -0.3 is 9.73 Å². The molecule has 1 aliphatic rings. The number of nitrogens with zero attached hydrogens (tertiary/aromatic N) is 2. The highest BCUT2D eigenvalue weighted by atomic mass is 16.3. The maximum Gasteiger partial charge on any atom is 0.198 e. The molecule has 1 saturated heterocycles. The number of nitrogens with one attached hydrogen (secondary N) is 1. The molecule has 2 aromatic heterocycles. The van der Waals surface area contributed by atoms with Crippen molar-refractivity contribution >= 4 is 11.2 Å². The summed E-state index contributed by atoms with van der Waals surface area (Å²) >= 11 is 0. The lowest BCUT2D eigenvalue weighted by molar-refractivity contribution is 0.267. The molecule has 4 nitrogen and oxygen atoms in total. The van der Waals surface area contributed by atoms with E-state index in [1.54, 1.807) is 6.20 Å². The summed E-state index contributed by atoms with van der Waals surface area (Å²) in [4.78, 5) is 8.65. The van der Waals surface area contributed by atoms with Gasteiger partial charge >= 0.3 is 0 Å². The minimum Gasteiger partial charge on any atom is -0.439 e. The van der Waals surface area contributed by atoms with E-state index in [1.165, 1.54) is 12.8 Å². The van der Waals surface area contributed by atoms with Gasteiger partial charge in [-0.3, -0.25) is 0 Å². The van der Waals surface area contributed by atoms with E-state index in [0.29, 0.717) is 5.92 Å². The zero-order valence-electron chi connectivity index (χ0n) is 10.7. The number of oxazole rings is 1. The van der Waals surface area contributed by atoms with Crippen LogP contribution in [0.3, 0.4) is 0 Å². The molecule has 3 heterocycles. The van der Waals surface area contributed by atoms with Crippen LogP contribution in [0.1, 0.15) is 25.7 Å². The Balaban J connectivity index is 1.71. The van der Waals surface area contributed by atoms with Crippen LogP contribution in [0.4, 0.5) is 0 Å². The minimum atomic E-state index is 0.603. The first-order valence-corrected chi connectivity index (χ1v) is 6.74. The van der Waals surface area contributed by atoms with Gasteiger partial charge in [-0.05, 0) is 49.9 Å². The highest BCUT2D eigenvalue weighted by Gasteiger charge is 2.21. The first-order valence-electron chi connectivity index (χ1n) is 6.74. The van der Waals surface area contributed by atoms with E-state index in [-0.39, 0.29) is 0 Å². The molecule has 2 unspecified atom stereocenters. The van der Waals surface area contributed by atoms with Gasteiger partial charge in [0.2, 0.25) is 0 Å². The van der Waals surface area contributed by atoms with Crippen LogP contribution in [0.5, 0.6) is 0 Å². The molecule has 0 aliphatic carbocycles. The number of pyridine rings is 1. The fraction of sp³-hybridized carbons (Fsp3) is 0.571. The Morgan fingerprint density at radius 3 is 3.28 bits per heavy atom. The molecule has 0 saturated carbocycles. The highest BCUT2D eigenvalue weighted by Crippen LogP contribution is 2.24. The second-order valence-corrected chi connectivity index (χ2v) is 5.22. The fourth-order valence-corrected chi connectivity index (χ4v) is 2.71.